The second-order valence-electron chi connectivity index (χ2n) is 5.63. The molecule has 1 atom stereocenters. The van der Waals surface area contributed by atoms with Gasteiger partial charge in [-0.3, -0.25) is 9.88 Å². The molecule has 2 aromatic heterocycles. The Kier molecular flexibility index (Phi) is 4.52. The van der Waals surface area contributed by atoms with Crippen LogP contribution in [0.5, 0.6) is 0 Å². The van der Waals surface area contributed by atoms with Gasteiger partial charge in [0.2, 0.25) is 5.89 Å². The van der Waals surface area contributed by atoms with Gasteiger partial charge in [0.15, 0.2) is 6.33 Å². The van der Waals surface area contributed by atoms with Crippen molar-refractivity contribution in [3.05, 3.63) is 42.3 Å². The van der Waals surface area contributed by atoms with E-state index in [2.05, 4.69) is 20.0 Å². The van der Waals surface area contributed by atoms with Gasteiger partial charge in [-0.2, -0.15) is 4.98 Å². The zero-order chi connectivity index (χ0) is 16.2. The first-order valence-corrected chi connectivity index (χ1v) is 7.53. The fourth-order valence-corrected chi connectivity index (χ4v) is 3.08. The molecule has 0 radical (unpaired) electrons. The molecule has 122 valence electrons. The SMILES string of the molecule is CN(C1CCN(C(=O)O)CC1)C(c1ccncc1)c1ncno1. The molecule has 23 heavy (non-hydrogen) atoms. The summed E-state index contributed by atoms with van der Waals surface area (Å²) in [6.07, 6.45) is 5.56. The number of carbonyl (C=O) groups is 1. The predicted octanol–water partition coefficient (Wildman–Crippen LogP) is 1.63. The predicted molar refractivity (Wildman–Crippen MR) is 80.8 cm³/mol. The average molecular weight is 317 g/mol. The van der Waals surface area contributed by atoms with Crippen molar-refractivity contribution in [2.45, 2.75) is 24.9 Å². The molecular weight excluding hydrogens is 298 g/mol. The van der Waals surface area contributed by atoms with Gasteiger partial charge in [0.25, 0.3) is 0 Å². The Morgan fingerprint density at radius 3 is 2.65 bits per heavy atom. The van der Waals surface area contributed by atoms with Crippen LogP contribution in [0.2, 0.25) is 0 Å². The molecule has 2 aromatic rings. The normalized spacial score (nSPS) is 17.4. The molecule has 1 saturated heterocycles. The highest BCUT2D eigenvalue weighted by Gasteiger charge is 2.32. The Morgan fingerprint density at radius 2 is 2.09 bits per heavy atom. The standard InChI is InChI=1S/C15H19N5O3/c1-19(12-4-8-20(9-5-12)15(21)22)13(14-17-10-18-23-14)11-2-6-16-7-3-11/h2-3,6-7,10,12-13H,4-5,8-9H2,1H3,(H,21,22). The van der Waals surface area contributed by atoms with Gasteiger partial charge >= 0.3 is 6.09 Å². The summed E-state index contributed by atoms with van der Waals surface area (Å²) in [6, 6.07) is 3.94. The number of nitrogens with zero attached hydrogens (tertiary/aromatic N) is 5. The molecule has 0 spiro atoms. The number of amides is 1. The number of rotatable bonds is 4. The van der Waals surface area contributed by atoms with Crippen LogP contribution in [0.1, 0.15) is 30.3 Å². The van der Waals surface area contributed by atoms with E-state index >= 15 is 0 Å². The van der Waals surface area contributed by atoms with Gasteiger partial charge in [0, 0.05) is 31.5 Å². The minimum Gasteiger partial charge on any atom is -0.465 e. The summed E-state index contributed by atoms with van der Waals surface area (Å²) < 4.78 is 5.29. The van der Waals surface area contributed by atoms with E-state index in [1.54, 1.807) is 12.4 Å². The summed E-state index contributed by atoms with van der Waals surface area (Å²) in [7, 11) is 2.01. The average Bonchev–Trinajstić information content (AvgIpc) is 3.10. The van der Waals surface area contributed by atoms with Crippen molar-refractivity contribution in [1.82, 2.24) is 24.9 Å². The zero-order valence-electron chi connectivity index (χ0n) is 12.9. The molecule has 8 heteroatoms. The van der Waals surface area contributed by atoms with Crippen molar-refractivity contribution >= 4 is 6.09 Å². The maximum absolute atomic E-state index is 11.0. The van der Waals surface area contributed by atoms with Gasteiger partial charge in [-0.15, -0.1) is 0 Å². The summed E-state index contributed by atoms with van der Waals surface area (Å²) >= 11 is 0. The van der Waals surface area contributed by atoms with Crippen LogP contribution in [0.15, 0.2) is 35.4 Å². The summed E-state index contributed by atoms with van der Waals surface area (Å²) in [5, 5.41) is 12.8. The van der Waals surface area contributed by atoms with Crippen LogP contribution < -0.4 is 0 Å². The number of aromatic nitrogens is 3. The zero-order valence-corrected chi connectivity index (χ0v) is 12.9. The molecule has 1 amide bonds. The number of likely N-dealkylation sites (tertiary alicyclic amines) is 1. The van der Waals surface area contributed by atoms with E-state index in [1.807, 2.05) is 19.2 Å². The van der Waals surface area contributed by atoms with Crippen LogP contribution in [0.4, 0.5) is 4.79 Å². The van der Waals surface area contributed by atoms with Gasteiger partial charge in [0.05, 0.1) is 0 Å². The van der Waals surface area contributed by atoms with Gasteiger partial charge in [0.1, 0.15) is 6.04 Å². The minimum absolute atomic E-state index is 0.165. The largest absolute Gasteiger partial charge is 0.465 e. The maximum Gasteiger partial charge on any atom is 0.407 e. The number of carboxylic acid groups (broad SMARTS) is 1. The number of pyridine rings is 1. The van der Waals surface area contributed by atoms with Crippen LogP contribution in [-0.2, 0) is 0 Å². The van der Waals surface area contributed by atoms with Crippen molar-refractivity contribution in [3.63, 3.8) is 0 Å². The molecule has 1 aliphatic heterocycles. The highest BCUT2D eigenvalue weighted by Crippen LogP contribution is 2.30. The summed E-state index contributed by atoms with van der Waals surface area (Å²) in [5.41, 5.74) is 1.02. The highest BCUT2D eigenvalue weighted by atomic mass is 16.5. The third kappa shape index (κ3) is 3.31. The highest BCUT2D eigenvalue weighted by molar-refractivity contribution is 5.65. The Hall–Kier alpha value is -2.48. The molecule has 0 aromatic carbocycles. The van der Waals surface area contributed by atoms with Crippen LogP contribution >= 0.6 is 0 Å². The summed E-state index contributed by atoms with van der Waals surface area (Å²) in [6.45, 7) is 1.08. The van der Waals surface area contributed by atoms with Gasteiger partial charge in [-0.1, -0.05) is 5.16 Å². The van der Waals surface area contributed by atoms with E-state index in [1.165, 1.54) is 11.2 Å². The second kappa shape index (κ2) is 6.74. The van der Waals surface area contributed by atoms with Gasteiger partial charge < -0.3 is 14.5 Å². The lowest BCUT2D eigenvalue weighted by Crippen LogP contribution is -2.46. The topological polar surface area (TPSA) is 95.6 Å². The molecule has 1 N–H and O–H groups in total. The van der Waals surface area contributed by atoms with E-state index < -0.39 is 6.09 Å². The molecule has 1 aliphatic rings. The third-order valence-electron chi connectivity index (χ3n) is 4.35. The minimum atomic E-state index is -0.853. The number of hydrogen-bond acceptors (Lipinski definition) is 6. The lowest BCUT2D eigenvalue weighted by Gasteiger charge is -2.38. The molecule has 3 heterocycles. The second-order valence-corrected chi connectivity index (χ2v) is 5.63. The number of piperidine rings is 1. The van der Waals surface area contributed by atoms with E-state index in [0.717, 1.165) is 18.4 Å². The Balaban J connectivity index is 1.79. The first-order valence-electron chi connectivity index (χ1n) is 7.53. The van der Waals surface area contributed by atoms with Crippen molar-refractivity contribution in [2.24, 2.45) is 0 Å². The van der Waals surface area contributed by atoms with E-state index in [-0.39, 0.29) is 12.1 Å². The Morgan fingerprint density at radius 1 is 1.39 bits per heavy atom. The van der Waals surface area contributed by atoms with Crippen molar-refractivity contribution in [1.29, 1.82) is 0 Å². The van der Waals surface area contributed by atoms with Crippen molar-refractivity contribution < 1.29 is 14.4 Å². The maximum atomic E-state index is 11.0. The summed E-state index contributed by atoms with van der Waals surface area (Å²) in [4.78, 5) is 22.9. The quantitative estimate of drug-likeness (QED) is 0.915. The smallest absolute Gasteiger partial charge is 0.407 e. The molecule has 0 aliphatic carbocycles. The van der Waals surface area contributed by atoms with Crippen LogP contribution in [0.25, 0.3) is 0 Å². The lowest BCUT2D eigenvalue weighted by molar-refractivity contribution is 0.0874. The molecule has 0 bridgehead atoms. The molecule has 8 nitrogen and oxygen atoms in total. The van der Waals surface area contributed by atoms with E-state index in [0.29, 0.717) is 19.0 Å². The fourth-order valence-electron chi connectivity index (χ4n) is 3.08. The Bertz CT molecular complexity index is 626. The fraction of sp³-hybridized carbons (Fsp3) is 0.467. The molecular formula is C15H19N5O3. The number of hydrogen-bond donors (Lipinski definition) is 1. The van der Waals surface area contributed by atoms with Crippen LogP contribution in [-0.4, -0.2) is 62.3 Å². The third-order valence-corrected chi connectivity index (χ3v) is 4.35. The molecule has 1 unspecified atom stereocenters. The molecule has 3 rings (SSSR count). The summed E-state index contributed by atoms with van der Waals surface area (Å²) in [5.74, 6) is 0.527. The van der Waals surface area contributed by atoms with E-state index in [4.69, 9.17) is 9.63 Å². The van der Waals surface area contributed by atoms with E-state index in [9.17, 15) is 4.79 Å². The van der Waals surface area contributed by atoms with Crippen molar-refractivity contribution in [2.75, 3.05) is 20.1 Å². The first-order chi connectivity index (χ1) is 11.2. The lowest BCUT2D eigenvalue weighted by atomic mass is 9.99. The first kappa shape index (κ1) is 15.4. The van der Waals surface area contributed by atoms with Crippen molar-refractivity contribution in [3.8, 4) is 0 Å². The molecule has 1 fully saturated rings. The monoisotopic (exact) mass is 317 g/mol. The van der Waals surface area contributed by atoms with Gasteiger partial charge in [-0.25, -0.2) is 4.79 Å². The van der Waals surface area contributed by atoms with Gasteiger partial charge in [-0.05, 0) is 37.6 Å². The van der Waals surface area contributed by atoms with Crippen LogP contribution in [0.3, 0.4) is 0 Å². The van der Waals surface area contributed by atoms with Crippen LogP contribution in [0, 0.1) is 0 Å². The molecule has 0 saturated carbocycles. The Labute approximate surface area is 133 Å².